The van der Waals surface area contributed by atoms with Crippen molar-refractivity contribution in [2.75, 3.05) is 30.5 Å². The van der Waals surface area contributed by atoms with E-state index >= 15 is 0 Å². The van der Waals surface area contributed by atoms with Gasteiger partial charge in [-0.2, -0.15) is 0 Å². The van der Waals surface area contributed by atoms with Crippen LogP contribution < -0.4 is 10.6 Å². The molecular formula is C13H21N3O3S. The Balaban J connectivity index is 2.71. The average Bonchev–Trinajstić information content (AvgIpc) is 2.26. The highest BCUT2D eigenvalue weighted by Gasteiger charge is 2.18. The topological polar surface area (TPSA) is 78.5 Å². The van der Waals surface area contributed by atoms with E-state index in [0.717, 1.165) is 5.69 Å². The zero-order valence-electron chi connectivity index (χ0n) is 12.2. The van der Waals surface area contributed by atoms with Crippen LogP contribution in [0.5, 0.6) is 0 Å². The molecule has 1 amide bonds. The van der Waals surface area contributed by atoms with E-state index in [0.29, 0.717) is 5.69 Å². The smallest absolute Gasteiger partial charge is 0.221 e. The van der Waals surface area contributed by atoms with E-state index < -0.39 is 10.0 Å². The Labute approximate surface area is 120 Å². The summed E-state index contributed by atoms with van der Waals surface area (Å²) >= 11 is 0. The first kappa shape index (κ1) is 16.5. The molecule has 1 aromatic rings. The number of hydrogen-bond acceptors (Lipinski definition) is 4. The first-order chi connectivity index (χ1) is 9.20. The van der Waals surface area contributed by atoms with Gasteiger partial charge >= 0.3 is 0 Å². The number of carbonyl (C=O) groups excluding carboxylic acids is 1. The first-order valence-corrected chi connectivity index (χ1v) is 7.86. The normalized spacial score (nSPS) is 13.1. The molecule has 0 aliphatic rings. The fraction of sp³-hybridized carbons (Fsp3) is 0.462. The third-order valence-corrected chi connectivity index (χ3v) is 4.65. The number of benzene rings is 1. The summed E-state index contributed by atoms with van der Waals surface area (Å²) in [6, 6.07) is 6.91. The van der Waals surface area contributed by atoms with Gasteiger partial charge in [-0.15, -0.1) is 0 Å². The quantitative estimate of drug-likeness (QED) is 0.831. The van der Waals surface area contributed by atoms with Crippen LogP contribution in [0.25, 0.3) is 0 Å². The summed E-state index contributed by atoms with van der Waals surface area (Å²) in [5.74, 6) is -0.143. The molecule has 1 atom stereocenters. The van der Waals surface area contributed by atoms with Crippen LogP contribution in [0.3, 0.4) is 0 Å². The van der Waals surface area contributed by atoms with E-state index in [1.54, 1.807) is 25.1 Å². The van der Waals surface area contributed by atoms with Gasteiger partial charge in [0.2, 0.25) is 15.9 Å². The van der Waals surface area contributed by atoms with Gasteiger partial charge in [0.25, 0.3) is 0 Å². The predicted octanol–water partition coefficient (Wildman–Crippen LogP) is 1.34. The van der Waals surface area contributed by atoms with Gasteiger partial charge < -0.3 is 10.6 Å². The molecule has 0 saturated carbocycles. The Hall–Kier alpha value is -1.60. The number of amides is 1. The maximum Gasteiger partial charge on any atom is 0.221 e. The number of nitrogens with one attached hydrogen (secondary N) is 2. The first-order valence-electron chi connectivity index (χ1n) is 6.25. The summed E-state index contributed by atoms with van der Waals surface area (Å²) in [6.07, 6.45) is 0. The summed E-state index contributed by atoms with van der Waals surface area (Å²) in [6.45, 7) is 3.23. The molecule has 0 aromatic heterocycles. The monoisotopic (exact) mass is 299 g/mol. The Bertz CT molecular complexity index is 570. The number of anilines is 2. The lowest BCUT2D eigenvalue weighted by molar-refractivity contribution is -0.114. The minimum Gasteiger partial charge on any atom is -0.381 e. The minimum absolute atomic E-state index is 0.00433. The molecule has 0 radical (unpaired) electrons. The summed E-state index contributed by atoms with van der Waals surface area (Å²) in [5, 5.41) is 5.79. The van der Waals surface area contributed by atoms with Gasteiger partial charge in [0, 0.05) is 38.4 Å². The van der Waals surface area contributed by atoms with Crippen LogP contribution in [0.4, 0.5) is 11.4 Å². The van der Waals surface area contributed by atoms with Crippen LogP contribution in [0.2, 0.25) is 0 Å². The van der Waals surface area contributed by atoms with Crippen LogP contribution in [0.15, 0.2) is 24.3 Å². The molecule has 0 heterocycles. The highest BCUT2D eigenvalue weighted by molar-refractivity contribution is 7.89. The molecule has 0 aliphatic carbocycles. The molecule has 0 bridgehead atoms. The molecule has 1 unspecified atom stereocenters. The predicted molar refractivity (Wildman–Crippen MR) is 81.3 cm³/mol. The van der Waals surface area contributed by atoms with Crippen LogP contribution in [0, 0.1) is 0 Å². The van der Waals surface area contributed by atoms with E-state index in [1.807, 2.05) is 6.07 Å². The molecule has 20 heavy (non-hydrogen) atoms. The van der Waals surface area contributed by atoms with Crippen LogP contribution in [-0.4, -0.2) is 44.5 Å². The van der Waals surface area contributed by atoms with Gasteiger partial charge in [-0.1, -0.05) is 6.07 Å². The lowest BCUT2D eigenvalue weighted by Crippen LogP contribution is -2.33. The van der Waals surface area contributed by atoms with Crippen molar-refractivity contribution in [3.05, 3.63) is 24.3 Å². The van der Waals surface area contributed by atoms with Gasteiger partial charge in [0.1, 0.15) is 0 Å². The number of carbonyl (C=O) groups is 1. The Morgan fingerprint density at radius 2 is 1.90 bits per heavy atom. The van der Waals surface area contributed by atoms with E-state index in [2.05, 4.69) is 10.6 Å². The number of hydrogen-bond donors (Lipinski definition) is 2. The summed E-state index contributed by atoms with van der Waals surface area (Å²) in [5.41, 5.74) is 1.43. The minimum atomic E-state index is -3.25. The lowest BCUT2D eigenvalue weighted by atomic mass is 10.2. The molecule has 0 fully saturated rings. The van der Waals surface area contributed by atoms with E-state index in [9.17, 15) is 13.2 Å². The molecule has 1 aromatic carbocycles. The largest absolute Gasteiger partial charge is 0.381 e. The van der Waals surface area contributed by atoms with Gasteiger partial charge in [-0.25, -0.2) is 12.7 Å². The third-order valence-electron chi connectivity index (χ3n) is 2.61. The van der Waals surface area contributed by atoms with Crippen molar-refractivity contribution in [2.24, 2.45) is 0 Å². The maximum absolute atomic E-state index is 11.8. The second kappa shape index (κ2) is 6.71. The van der Waals surface area contributed by atoms with Crippen molar-refractivity contribution in [3.63, 3.8) is 0 Å². The third kappa shape index (κ3) is 5.18. The molecule has 0 saturated heterocycles. The van der Waals surface area contributed by atoms with E-state index in [1.165, 1.54) is 25.3 Å². The second-order valence-corrected chi connectivity index (χ2v) is 7.10. The lowest BCUT2D eigenvalue weighted by Gasteiger charge is -2.18. The second-order valence-electron chi connectivity index (χ2n) is 4.87. The van der Waals surface area contributed by atoms with E-state index in [4.69, 9.17) is 0 Å². The average molecular weight is 299 g/mol. The zero-order valence-corrected chi connectivity index (χ0v) is 13.0. The molecule has 6 nitrogen and oxygen atoms in total. The Morgan fingerprint density at radius 1 is 1.30 bits per heavy atom. The molecule has 0 aliphatic heterocycles. The van der Waals surface area contributed by atoms with Crippen LogP contribution >= 0.6 is 0 Å². The molecule has 7 heteroatoms. The summed E-state index contributed by atoms with van der Waals surface area (Å²) in [7, 11) is -0.219. The van der Waals surface area contributed by atoms with Crippen molar-refractivity contribution >= 4 is 27.3 Å². The number of sulfonamides is 1. The van der Waals surface area contributed by atoms with Crippen molar-refractivity contribution in [2.45, 2.75) is 19.9 Å². The van der Waals surface area contributed by atoms with Gasteiger partial charge in [0.15, 0.2) is 0 Å². The number of rotatable bonds is 6. The van der Waals surface area contributed by atoms with Crippen molar-refractivity contribution < 1.29 is 13.2 Å². The molecule has 0 spiro atoms. The molecule has 1 rings (SSSR count). The Kier molecular flexibility index (Phi) is 5.52. The van der Waals surface area contributed by atoms with Gasteiger partial charge in [-0.05, 0) is 25.1 Å². The highest BCUT2D eigenvalue weighted by Crippen LogP contribution is 2.16. The maximum atomic E-state index is 11.8. The van der Waals surface area contributed by atoms with Crippen molar-refractivity contribution in [1.82, 2.24) is 4.31 Å². The fourth-order valence-corrected chi connectivity index (χ4v) is 2.69. The molecule has 112 valence electrons. The van der Waals surface area contributed by atoms with Crippen LogP contribution in [-0.2, 0) is 14.8 Å². The highest BCUT2D eigenvalue weighted by atomic mass is 32.2. The summed E-state index contributed by atoms with van der Waals surface area (Å²) in [4.78, 5) is 11.0. The zero-order chi connectivity index (χ0) is 15.3. The Morgan fingerprint density at radius 3 is 2.45 bits per heavy atom. The van der Waals surface area contributed by atoms with Crippen molar-refractivity contribution in [3.8, 4) is 0 Å². The van der Waals surface area contributed by atoms with Gasteiger partial charge in [-0.3, -0.25) is 4.79 Å². The summed E-state index contributed by atoms with van der Waals surface area (Å²) < 4.78 is 24.8. The van der Waals surface area contributed by atoms with E-state index in [-0.39, 0.29) is 17.7 Å². The van der Waals surface area contributed by atoms with Crippen molar-refractivity contribution in [1.29, 1.82) is 0 Å². The molecule has 2 N–H and O–H groups in total. The fourth-order valence-electron chi connectivity index (χ4n) is 1.68. The SMILES string of the molecule is CC(=O)Nc1cccc(NC(C)CS(=O)(=O)N(C)C)c1. The van der Waals surface area contributed by atoms with Crippen LogP contribution in [0.1, 0.15) is 13.8 Å². The standard InChI is InChI=1S/C13H21N3O3S/c1-10(9-20(18,19)16(3)4)14-12-6-5-7-13(8-12)15-11(2)17/h5-8,10,14H,9H2,1-4H3,(H,15,17). The number of nitrogens with zero attached hydrogens (tertiary/aromatic N) is 1. The van der Waals surface area contributed by atoms with Gasteiger partial charge in [0.05, 0.1) is 5.75 Å². The molecular weight excluding hydrogens is 278 g/mol.